The average Bonchev–Trinajstić information content (AvgIpc) is 2.59. The van der Waals surface area contributed by atoms with Gasteiger partial charge in [0.1, 0.15) is 5.82 Å². The highest BCUT2D eigenvalue weighted by Crippen LogP contribution is 2.17. The fourth-order valence-corrected chi connectivity index (χ4v) is 2.72. The number of carbonyl (C=O) groups is 2. The monoisotopic (exact) mass is 330 g/mol. The van der Waals surface area contributed by atoms with Crippen LogP contribution in [-0.4, -0.2) is 42.5 Å². The molecule has 0 spiro atoms. The minimum atomic E-state index is -0.0363. The maximum Gasteiger partial charge on any atom is 0.243 e. The van der Waals surface area contributed by atoms with Crippen molar-refractivity contribution in [2.45, 2.75) is 38.6 Å². The first-order valence-electron chi connectivity index (χ1n) is 8.52. The third-order valence-electron chi connectivity index (χ3n) is 4.01. The zero-order valence-corrected chi connectivity index (χ0v) is 14.2. The van der Waals surface area contributed by atoms with Gasteiger partial charge in [-0.15, -0.1) is 0 Å². The van der Waals surface area contributed by atoms with Crippen molar-refractivity contribution in [2.75, 3.05) is 24.5 Å². The molecule has 0 atom stereocenters. The Labute approximate surface area is 143 Å². The highest BCUT2D eigenvalue weighted by atomic mass is 16.2. The molecule has 24 heavy (non-hydrogen) atoms. The molecule has 2 heterocycles. The molecule has 0 aliphatic carbocycles. The molecule has 130 valence electrons. The smallest absolute Gasteiger partial charge is 0.243 e. The third-order valence-corrected chi connectivity index (χ3v) is 4.01. The van der Waals surface area contributed by atoms with Gasteiger partial charge in [0, 0.05) is 38.8 Å². The van der Waals surface area contributed by atoms with Crippen LogP contribution in [-0.2, 0) is 9.59 Å². The Morgan fingerprint density at radius 3 is 2.79 bits per heavy atom. The molecular formula is C18H26N4O2. The second-order valence-corrected chi connectivity index (χ2v) is 5.99. The van der Waals surface area contributed by atoms with E-state index in [-0.39, 0.29) is 17.9 Å². The van der Waals surface area contributed by atoms with Gasteiger partial charge in [0.15, 0.2) is 0 Å². The summed E-state index contributed by atoms with van der Waals surface area (Å²) in [5.74, 6) is 0.945. The molecule has 2 amide bonds. The second-order valence-electron chi connectivity index (χ2n) is 5.99. The van der Waals surface area contributed by atoms with Gasteiger partial charge in [0.2, 0.25) is 11.8 Å². The van der Waals surface area contributed by atoms with Gasteiger partial charge < -0.3 is 15.5 Å². The van der Waals surface area contributed by atoms with Crippen LogP contribution >= 0.6 is 0 Å². The summed E-state index contributed by atoms with van der Waals surface area (Å²) in [6, 6.07) is 6.15. The van der Waals surface area contributed by atoms with E-state index in [1.165, 1.54) is 6.92 Å². The Hall–Kier alpha value is -2.37. The zero-order chi connectivity index (χ0) is 17.2. The third kappa shape index (κ3) is 6.40. The molecule has 2 rings (SSSR count). The summed E-state index contributed by atoms with van der Waals surface area (Å²) in [5.41, 5.74) is 0. The zero-order valence-electron chi connectivity index (χ0n) is 14.2. The quantitative estimate of drug-likeness (QED) is 0.589. The molecule has 1 fully saturated rings. The standard InChI is InChI=1S/C18H26N4O2/c1-15(23)19-11-5-2-3-8-18(24)21-16-9-13-22(14-10-16)17-7-4-6-12-20-17/h3-4,6-8,12,16H,2,5,9-11,13-14H2,1H3,(H,19,23)(H,21,24)/b8-3+. The highest BCUT2D eigenvalue weighted by molar-refractivity contribution is 5.87. The van der Waals surface area contributed by atoms with Crippen LogP contribution in [0.5, 0.6) is 0 Å². The number of rotatable bonds is 7. The number of allylic oxidation sites excluding steroid dienone is 1. The van der Waals surface area contributed by atoms with E-state index in [1.807, 2.05) is 24.3 Å². The molecule has 1 aliphatic heterocycles. The van der Waals surface area contributed by atoms with Gasteiger partial charge >= 0.3 is 0 Å². The van der Waals surface area contributed by atoms with Gasteiger partial charge in [-0.2, -0.15) is 0 Å². The van der Waals surface area contributed by atoms with Gasteiger partial charge in [0.25, 0.3) is 0 Å². The Morgan fingerprint density at radius 1 is 1.33 bits per heavy atom. The van der Waals surface area contributed by atoms with Gasteiger partial charge in [-0.3, -0.25) is 9.59 Å². The van der Waals surface area contributed by atoms with Gasteiger partial charge in [0.05, 0.1) is 0 Å². The number of carbonyl (C=O) groups excluding carboxylic acids is 2. The van der Waals surface area contributed by atoms with Crippen molar-refractivity contribution in [3.05, 3.63) is 36.5 Å². The first-order chi connectivity index (χ1) is 11.6. The SMILES string of the molecule is CC(=O)NCCC/C=C/C(=O)NC1CCN(c2ccccn2)CC1. The summed E-state index contributed by atoms with van der Waals surface area (Å²) < 4.78 is 0. The Kier molecular flexibility index (Phi) is 7.26. The van der Waals surface area contributed by atoms with Crippen LogP contribution in [0, 0.1) is 0 Å². The molecule has 1 saturated heterocycles. The van der Waals surface area contributed by atoms with Gasteiger partial charge in [-0.25, -0.2) is 4.98 Å². The number of nitrogens with zero attached hydrogens (tertiary/aromatic N) is 2. The van der Waals surface area contributed by atoms with Gasteiger partial charge in [-0.1, -0.05) is 12.1 Å². The van der Waals surface area contributed by atoms with Crippen molar-refractivity contribution in [3.63, 3.8) is 0 Å². The summed E-state index contributed by atoms with van der Waals surface area (Å²) in [6.45, 7) is 3.96. The van der Waals surface area contributed by atoms with Crippen molar-refractivity contribution in [3.8, 4) is 0 Å². The number of anilines is 1. The summed E-state index contributed by atoms with van der Waals surface area (Å²) in [7, 11) is 0. The number of nitrogens with one attached hydrogen (secondary N) is 2. The summed E-state index contributed by atoms with van der Waals surface area (Å²) in [5, 5.41) is 5.79. The number of pyridine rings is 1. The molecule has 1 aromatic heterocycles. The van der Waals surface area contributed by atoms with Crippen LogP contribution < -0.4 is 15.5 Å². The topological polar surface area (TPSA) is 74.3 Å². The number of piperidine rings is 1. The highest BCUT2D eigenvalue weighted by Gasteiger charge is 2.20. The van der Waals surface area contributed by atoms with E-state index >= 15 is 0 Å². The predicted molar refractivity (Wildman–Crippen MR) is 94.7 cm³/mol. The van der Waals surface area contributed by atoms with E-state index in [0.29, 0.717) is 6.54 Å². The van der Waals surface area contributed by atoms with Crippen molar-refractivity contribution in [1.29, 1.82) is 0 Å². The minimum absolute atomic E-state index is 0.0197. The lowest BCUT2D eigenvalue weighted by atomic mass is 10.0. The molecule has 1 aromatic rings. The maximum atomic E-state index is 11.9. The molecule has 0 unspecified atom stereocenters. The van der Waals surface area contributed by atoms with Crippen LogP contribution in [0.2, 0.25) is 0 Å². The molecule has 2 N–H and O–H groups in total. The molecule has 0 aromatic carbocycles. The Balaban J connectivity index is 1.62. The summed E-state index contributed by atoms with van der Waals surface area (Å²) >= 11 is 0. The van der Waals surface area contributed by atoms with Crippen molar-refractivity contribution in [2.24, 2.45) is 0 Å². The van der Waals surface area contributed by atoms with E-state index in [9.17, 15) is 9.59 Å². The lowest BCUT2D eigenvalue weighted by molar-refractivity contribution is -0.119. The van der Waals surface area contributed by atoms with Crippen LogP contribution in [0.25, 0.3) is 0 Å². The number of amides is 2. The van der Waals surface area contributed by atoms with Crippen LogP contribution in [0.15, 0.2) is 36.5 Å². The summed E-state index contributed by atoms with van der Waals surface area (Å²) in [4.78, 5) is 29.2. The lowest BCUT2D eigenvalue weighted by Crippen LogP contribution is -2.44. The molecule has 1 aliphatic rings. The second kappa shape index (κ2) is 9.70. The Bertz CT molecular complexity index is 551. The van der Waals surface area contributed by atoms with E-state index in [0.717, 1.165) is 44.6 Å². The normalized spacial score (nSPS) is 15.5. The van der Waals surface area contributed by atoms with Crippen LogP contribution in [0.4, 0.5) is 5.82 Å². The lowest BCUT2D eigenvalue weighted by Gasteiger charge is -2.32. The van der Waals surface area contributed by atoms with Crippen molar-refractivity contribution >= 4 is 17.6 Å². The van der Waals surface area contributed by atoms with Crippen LogP contribution in [0.1, 0.15) is 32.6 Å². The Morgan fingerprint density at radius 2 is 2.12 bits per heavy atom. The number of aromatic nitrogens is 1. The molecule has 6 heteroatoms. The van der Waals surface area contributed by atoms with Gasteiger partial charge in [-0.05, 0) is 43.9 Å². The molecule has 0 saturated carbocycles. The van der Waals surface area contributed by atoms with Crippen LogP contribution in [0.3, 0.4) is 0 Å². The first-order valence-corrected chi connectivity index (χ1v) is 8.52. The summed E-state index contributed by atoms with van der Waals surface area (Å²) in [6.07, 6.45) is 8.74. The molecule has 0 radical (unpaired) electrons. The predicted octanol–water partition coefficient (Wildman–Crippen LogP) is 1.64. The fraction of sp³-hybridized carbons (Fsp3) is 0.500. The maximum absolute atomic E-state index is 11.9. The molecular weight excluding hydrogens is 304 g/mol. The van der Waals surface area contributed by atoms with E-state index < -0.39 is 0 Å². The van der Waals surface area contributed by atoms with Crippen molar-refractivity contribution < 1.29 is 9.59 Å². The van der Waals surface area contributed by atoms with E-state index in [4.69, 9.17) is 0 Å². The fourth-order valence-electron chi connectivity index (χ4n) is 2.72. The minimum Gasteiger partial charge on any atom is -0.356 e. The number of hydrogen-bond acceptors (Lipinski definition) is 4. The largest absolute Gasteiger partial charge is 0.356 e. The van der Waals surface area contributed by atoms with E-state index in [1.54, 1.807) is 12.3 Å². The first kappa shape index (κ1) is 18.0. The average molecular weight is 330 g/mol. The number of unbranched alkanes of at least 4 members (excludes halogenated alkanes) is 1. The van der Waals surface area contributed by atoms with E-state index in [2.05, 4.69) is 20.5 Å². The van der Waals surface area contributed by atoms with Crippen molar-refractivity contribution in [1.82, 2.24) is 15.6 Å². The molecule has 6 nitrogen and oxygen atoms in total. The number of hydrogen-bond donors (Lipinski definition) is 2. The molecule has 0 bridgehead atoms.